The zero-order valence-corrected chi connectivity index (χ0v) is 22.4. The first-order valence-electron chi connectivity index (χ1n) is 9.76. The lowest BCUT2D eigenvalue weighted by Gasteiger charge is -2.27. The molecule has 0 bridgehead atoms. The highest BCUT2D eigenvalue weighted by Gasteiger charge is 2.22. The molecule has 0 aliphatic carbocycles. The van der Waals surface area contributed by atoms with Gasteiger partial charge >= 0.3 is 0 Å². The molecule has 0 radical (unpaired) electrons. The van der Waals surface area contributed by atoms with Crippen molar-refractivity contribution in [2.24, 2.45) is 15.8 Å². The molecule has 0 saturated heterocycles. The maximum absolute atomic E-state index is 11.4. The minimum absolute atomic E-state index is 0. The lowest BCUT2D eigenvalue weighted by molar-refractivity contribution is 0.346. The smallest absolute Gasteiger partial charge is 0.191 e. The van der Waals surface area contributed by atoms with E-state index in [9.17, 15) is 8.42 Å². The highest BCUT2D eigenvalue weighted by atomic mass is 127. The summed E-state index contributed by atoms with van der Waals surface area (Å²) in [6.45, 7) is 12.6. The molecule has 2 N–H and O–H groups in total. The Labute approximate surface area is 199 Å². The SMILES string of the molecule is CCNC(=NCC(C)(C)Cc1cccc(Cl)c1)NCC(C)(C)CCS(C)(=O)=O.I. The molecular formula is C21H37ClIN3O2S. The van der Waals surface area contributed by atoms with Crippen molar-refractivity contribution >= 4 is 51.4 Å². The van der Waals surface area contributed by atoms with Crippen LogP contribution in [0, 0.1) is 10.8 Å². The van der Waals surface area contributed by atoms with Crippen LogP contribution in [0.15, 0.2) is 29.3 Å². The van der Waals surface area contributed by atoms with Crippen LogP contribution in [-0.2, 0) is 16.3 Å². The van der Waals surface area contributed by atoms with Crippen molar-refractivity contribution in [1.82, 2.24) is 10.6 Å². The largest absolute Gasteiger partial charge is 0.357 e. The Morgan fingerprint density at radius 2 is 1.79 bits per heavy atom. The molecule has 0 heterocycles. The first-order chi connectivity index (χ1) is 12.8. The lowest BCUT2D eigenvalue weighted by Crippen LogP contribution is -2.43. The minimum atomic E-state index is -2.95. The molecule has 29 heavy (non-hydrogen) atoms. The van der Waals surface area contributed by atoms with Gasteiger partial charge in [0.05, 0.1) is 5.75 Å². The molecule has 168 valence electrons. The highest BCUT2D eigenvalue weighted by molar-refractivity contribution is 14.0. The van der Waals surface area contributed by atoms with Crippen LogP contribution < -0.4 is 10.6 Å². The standard InChI is InChI=1S/C21H36ClN3O2S.HI/c1-7-23-19(24-15-20(2,3)11-12-28(6,26)27)25-16-21(4,5)14-17-9-8-10-18(22)13-17;/h8-10,13H,7,11-12,14-16H2,1-6H3,(H2,23,24,25);1H. The molecule has 0 aromatic heterocycles. The second kappa shape index (κ2) is 12.3. The predicted molar refractivity (Wildman–Crippen MR) is 136 cm³/mol. The topological polar surface area (TPSA) is 70.6 Å². The summed E-state index contributed by atoms with van der Waals surface area (Å²) in [6, 6.07) is 7.95. The first kappa shape index (κ1) is 28.5. The molecule has 0 amide bonds. The molecule has 8 heteroatoms. The zero-order valence-electron chi connectivity index (χ0n) is 18.5. The second-order valence-electron chi connectivity index (χ2n) is 9.06. The van der Waals surface area contributed by atoms with Gasteiger partial charge in [-0.25, -0.2) is 8.42 Å². The molecule has 0 fully saturated rings. The van der Waals surface area contributed by atoms with Crippen molar-refractivity contribution in [2.45, 2.75) is 47.5 Å². The van der Waals surface area contributed by atoms with E-state index in [1.165, 1.54) is 11.8 Å². The van der Waals surface area contributed by atoms with Crippen LogP contribution in [-0.4, -0.2) is 46.0 Å². The van der Waals surface area contributed by atoms with Crippen LogP contribution in [0.3, 0.4) is 0 Å². The molecule has 1 aromatic rings. The van der Waals surface area contributed by atoms with E-state index < -0.39 is 9.84 Å². The van der Waals surface area contributed by atoms with Crippen molar-refractivity contribution < 1.29 is 8.42 Å². The van der Waals surface area contributed by atoms with Gasteiger partial charge in [-0.05, 0) is 48.3 Å². The second-order valence-corrected chi connectivity index (χ2v) is 11.8. The monoisotopic (exact) mass is 557 g/mol. The molecule has 0 aliphatic rings. The Morgan fingerprint density at radius 1 is 1.14 bits per heavy atom. The average Bonchev–Trinajstić information content (AvgIpc) is 2.55. The third-order valence-corrected chi connectivity index (χ3v) is 5.65. The fraction of sp³-hybridized carbons (Fsp3) is 0.667. The van der Waals surface area contributed by atoms with Gasteiger partial charge in [-0.3, -0.25) is 4.99 Å². The van der Waals surface area contributed by atoms with Crippen LogP contribution in [0.25, 0.3) is 0 Å². The van der Waals surface area contributed by atoms with Gasteiger partial charge in [0.25, 0.3) is 0 Å². The summed E-state index contributed by atoms with van der Waals surface area (Å²) in [6.07, 6.45) is 2.78. The number of sulfone groups is 1. The summed E-state index contributed by atoms with van der Waals surface area (Å²) in [7, 11) is -2.95. The molecule has 5 nitrogen and oxygen atoms in total. The van der Waals surface area contributed by atoms with E-state index in [4.69, 9.17) is 16.6 Å². The summed E-state index contributed by atoms with van der Waals surface area (Å²) in [5, 5.41) is 7.39. The van der Waals surface area contributed by atoms with Crippen LogP contribution in [0.5, 0.6) is 0 Å². The Hall–Kier alpha value is -0.540. The van der Waals surface area contributed by atoms with Crippen LogP contribution in [0.1, 0.15) is 46.6 Å². The Balaban J connectivity index is 0.00000784. The Bertz CT molecular complexity index is 765. The maximum atomic E-state index is 11.4. The summed E-state index contributed by atoms with van der Waals surface area (Å²) in [5.74, 6) is 0.955. The van der Waals surface area contributed by atoms with E-state index in [1.54, 1.807) is 0 Å². The number of nitrogens with one attached hydrogen (secondary N) is 2. The normalized spacial score (nSPS) is 13.0. The van der Waals surface area contributed by atoms with Crippen LogP contribution >= 0.6 is 35.6 Å². The van der Waals surface area contributed by atoms with E-state index in [0.29, 0.717) is 19.5 Å². The van der Waals surface area contributed by atoms with E-state index >= 15 is 0 Å². The predicted octanol–water partition coefficient (Wildman–Crippen LogP) is 4.54. The van der Waals surface area contributed by atoms with Crippen molar-refractivity contribution in [1.29, 1.82) is 0 Å². The molecule has 0 unspecified atom stereocenters. The number of rotatable bonds is 10. The maximum Gasteiger partial charge on any atom is 0.191 e. The lowest BCUT2D eigenvalue weighted by atomic mass is 9.86. The number of nitrogens with zero attached hydrogens (tertiary/aromatic N) is 1. The molecule has 0 spiro atoms. The summed E-state index contributed by atoms with van der Waals surface area (Å²) in [5.41, 5.74) is 1.04. The van der Waals surface area contributed by atoms with Crippen molar-refractivity contribution in [3.63, 3.8) is 0 Å². The van der Waals surface area contributed by atoms with Gasteiger partial charge < -0.3 is 10.6 Å². The van der Waals surface area contributed by atoms with Gasteiger partial charge in [0.15, 0.2) is 5.96 Å². The van der Waals surface area contributed by atoms with E-state index in [1.807, 2.05) is 25.1 Å². The van der Waals surface area contributed by atoms with E-state index in [2.05, 4.69) is 44.4 Å². The zero-order chi connectivity index (χ0) is 21.4. The molecule has 0 aliphatic heterocycles. The van der Waals surface area contributed by atoms with Gasteiger partial charge in [-0.2, -0.15) is 0 Å². The summed E-state index contributed by atoms with van der Waals surface area (Å²) >= 11 is 6.09. The van der Waals surface area contributed by atoms with Crippen molar-refractivity contribution in [2.75, 3.05) is 31.6 Å². The van der Waals surface area contributed by atoms with Crippen LogP contribution in [0.2, 0.25) is 5.02 Å². The molecule has 0 atom stereocenters. The number of guanidine groups is 1. The third kappa shape index (κ3) is 13.4. The van der Waals surface area contributed by atoms with E-state index in [-0.39, 0.29) is 40.6 Å². The number of hydrogen-bond acceptors (Lipinski definition) is 3. The van der Waals surface area contributed by atoms with Gasteiger partial charge in [-0.1, -0.05) is 51.4 Å². The first-order valence-corrected chi connectivity index (χ1v) is 12.2. The van der Waals surface area contributed by atoms with Crippen molar-refractivity contribution in [3.05, 3.63) is 34.9 Å². The molecule has 1 rings (SSSR count). The van der Waals surface area contributed by atoms with Gasteiger partial charge in [-0.15, -0.1) is 24.0 Å². The molecule has 1 aromatic carbocycles. The highest BCUT2D eigenvalue weighted by Crippen LogP contribution is 2.24. The number of aliphatic imine (C=N–C) groups is 1. The fourth-order valence-corrected chi connectivity index (χ4v) is 3.90. The number of hydrogen-bond donors (Lipinski definition) is 2. The summed E-state index contributed by atoms with van der Waals surface area (Å²) < 4.78 is 22.9. The van der Waals surface area contributed by atoms with Gasteiger partial charge in [0, 0.05) is 30.9 Å². The van der Waals surface area contributed by atoms with Gasteiger partial charge in [0.1, 0.15) is 9.84 Å². The van der Waals surface area contributed by atoms with E-state index in [0.717, 1.165) is 23.9 Å². The fourth-order valence-electron chi connectivity index (χ4n) is 2.76. The average molecular weight is 558 g/mol. The number of halogens is 2. The number of benzene rings is 1. The summed E-state index contributed by atoms with van der Waals surface area (Å²) in [4.78, 5) is 4.76. The van der Waals surface area contributed by atoms with Crippen LogP contribution in [0.4, 0.5) is 0 Å². The third-order valence-electron chi connectivity index (χ3n) is 4.47. The minimum Gasteiger partial charge on any atom is -0.357 e. The Kier molecular flexibility index (Phi) is 12.1. The molecular weight excluding hydrogens is 521 g/mol. The van der Waals surface area contributed by atoms with Gasteiger partial charge in [0.2, 0.25) is 0 Å². The Morgan fingerprint density at radius 3 is 2.34 bits per heavy atom. The molecule has 0 saturated carbocycles. The quantitative estimate of drug-likeness (QED) is 0.252. The van der Waals surface area contributed by atoms with Crippen molar-refractivity contribution in [3.8, 4) is 0 Å².